The van der Waals surface area contributed by atoms with Crippen LogP contribution in [0.15, 0.2) is 30.3 Å². The van der Waals surface area contributed by atoms with Crippen LogP contribution >= 0.6 is 0 Å². The first-order valence-electron chi connectivity index (χ1n) is 10.3. The van der Waals surface area contributed by atoms with Crippen LogP contribution in [-0.4, -0.2) is 56.7 Å². The topological polar surface area (TPSA) is 67.2 Å². The monoisotopic (exact) mass is 392 g/mol. The number of amides is 1. The fourth-order valence-corrected chi connectivity index (χ4v) is 3.96. The normalized spacial score (nSPS) is 14.6. The molecule has 0 unspecified atom stereocenters. The summed E-state index contributed by atoms with van der Waals surface area (Å²) in [5.41, 5.74) is 4.04. The van der Waals surface area contributed by atoms with Crippen LogP contribution in [0.25, 0.3) is 11.0 Å². The number of aryl methyl sites for hydroxylation is 4. The van der Waals surface area contributed by atoms with Gasteiger partial charge in [0.1, 0.15) is 16.9 Å². The van der Waals surface area contributed by atoms with E-state index in [2.05, 4.69) is 34.0 Å². The molecule has 3 aromatic rings. The van der Waals surface area contributed by atoms with Crippen LogP contribution in [0.1, 0.15) is 30.4 Å². The number of fused-ring (bicyclic) bond motifs is 1. The Labute approximate surface area is 171 Å². The molecule has 7 heteroatoms. The third kappa shape index (κ3) is 3.95. The molecule has 2 aromatic heterocycles. The largest absolute Gasteiger partial charge is 0.351 e. The Balaban J connectivity index is 1.45. The molecular formula is C22H28N6O. The molecule has 152 valence electrons. The molecule has 1 saturated heterocycles. The molecule has 0 bridgehead atoms. The second-order valence-corrected chi connectivity index (χ2v) is 7.58. The van der Waals surface area contributed by atoms with E-state index in [1.807, 2.05) is 41.8 Å². The highest BCUT2D eigenvalue weighted by molar-refractivity contribution is 5.88. The molecule has 3 heterocycles. The first-order valence-corrected chi connectivity index (χ1v) is 10.3. The van der Waals surface area contributed by atoms with Crippen molar-refractivity contribution >= 4 is 22.8 Å². The van der Waals surface area contributed by atoms with Crippen LogP contribution in [-0.2, 0) is 24.7 Å². The van der Waals surface area contributed by atoms with Gasteiger partial charge in [0.05, 0.1) is 5.69 Å². The van der Waals surface area contributed by atoms with Crippen LogP contribution in [0, 0.1) is 6.92 Å². The molecule has 0 aliphatic carbocycles. The van der Waals surface area contributed by atoms with Gasteiger partial charge in [0.2, 0.25) is 5.91 Å². The van der Waals surface area contributed by atoms with Gasteiger partial charge in [-0.05, 0) is 18.9 Å². The first kappa shape index (κ1) is 19.4. The van der Waals surface area contributed by atoms with Crippen molar-refractivity contribution in [3.8, 4) is 0 Å². The zero-order chi connectivity index (χ0) is 20.4. The Kier molecular flexibility index (Phi) is 5.47. The van der Waals surface area contributed by atoms with Crippen LogP contribution in [0.4, 0.5) is 5.82 Å². The number of rotatable bonds is 5. The van der Waals surface area contributed by atoms with Gasteiger partial charge in [-0.25, -0.2) is 9.97 Å². The SMILES string of the molecule is CCc1nc(N2CCN(C(=O)CCc3ccccc3)CC2)c2c(n1)c(C)nn2C. The fourth-order valence-electron chi connectivity index (χ4n) is 3.96. The van der Waals surface area contributed by atoms with Gasteiger partial charge >= 0.3 is 0 Å². The Bertz CT molecular complexity index is 1010. The van der Waals surface area contributed by atoms with E-state index in [0.717, 1.165) is 67.4 Å². The second kappa shape index (κ2) is 8.19. The van der Waals surface area contributed by atoms with Crippen molar-refractivity contribution in [2.75, 3.05) is 31.1 Å². The summed E-state index contributed by atoms with van der Waals surface area (Å²) in [5.74, 6) is 2.00. The van der Waals surface area contributed by atoms with Crippen molar-refractivity contribution in [2.24, 2.45) is 7.05 Å². The Morgan fingerprint density at radius 1 is 1.07 bits per heavy atom. The smallest absolute Gasteiger partial charge is 0.223 e. The van der Waals surface area contributed by atoms with Gasteiger partial charge in [0, 0.05) is 46.1 Å². The van der Waals surface area contributed by atoms with Gasteiger partial charge in [0.25, 0.3) is 0 Å². The molecule has 0 saturated carbocycles. The van der Waals surface area contributed by atoms with E-state index < -0.39 is 0 Å². The van der Waals surface area contributed by atoms with Gasteiger partial charge < -0.3 is 9.80 Å². The number of nitrogens with zero attached hydrogens (tertiary/aromatic N) is 6. The zero-order valence-corrected chi connectivity index (χ0v) is 17.4. The quantitative estimate of drug-likeness (QED) is 0.667. The summed E-state index contributed by atoms with van der Waals surface area (Å²) < 4.78 is 1.87. The number of carbonyl (C=O) groups is 1. The molecule has 0 spiro atoms. The number of hydrogen-bond acceptors (Lipinski definition) is 5. The molecule has 1 amide bonds. The molecule has 1 aliphatic heterocycles. The van der Waals surface area contributed by atoms with Crippen LogP contribution in [0.3, 0.4) is 0 Å². The lowest BCUT2D eigenvalue weighted by molar-refractivity contribution is -0.131. The predicted molar refractivity (Wildman–Crippen MR) is 114 cm³/mol. The van der Waals surface area contributed by atoms with Crippen molar-refractivity contribution in [3.05, 3.63) is 47.4 Å². The number of piperazine rings is 1. The molecule has 0 radical (unpaired) electrons. The minimum atomic E-state index is 0.229. The van der Waals surface area contributed by atoms with Gasteiger partial charge in [-0.3, -0.25) is 9.48 Å². The summed E-state index contributed by atoms with van der Waals surface area (Å²) in [6, 6.07) is 10.2. The number of carbonyl (C=O) groups excluding carboxylic acids is 1. The maximum Gasteiger partial charge on any atom is 0.223 e. The molecule has 7 nitrogen and oxygen atoms in total. The van der Waals surface area contributed by atoms with Crippen LogP contribution in [0.2, 0.25) is 0 Å². The third-order valence-electron chi connectivity index (χ3n) is 5.60. The average Bonchev–Trinajstić information content (AvgIpc) is 3.05. The molecule has 1 aromatic carbocycles. The summed E-state index contributed by atoms with van der Waals surface area (Å²) in [6.45, 7) is 7.05. The maximum atomic E-state index is 12.7. The third-order valence-corrected chi connectivity index (χ3v) is 5.60. The van der Waals surface area contributed by atoms with Gasteiger partial charge in [-0.2, -0.15) is 5.10 Å². The van der Waals surface area contributed by atoms with Gasteiger partial charge in [0.15, 0.2) is 5.82 Å². The summed E-state index contributed by atoms with van der Waals surface area (Å²) in [5, 5.41) is 4.54. The van der Waals surface area contributed by atoms with E-state index in [-0.39, 0.29) is 5.91 Å². The second-order valence-electron chi connectivity index (χ2n) is 7.58. The average molecular weight is 393 g/mol. The van der Waals surface area contributed by atoms with E-state index in [4.69, 9.17) is 4.98 Å². The number of benzene rings is 1. The molecule has 0 N–H and O–H groups in total. The summed E-state index contributed by atoms with van der Waals surface area (Å²) in [6.07, 6.45) is 2.14. The number of anilines is 1. The molecule has 1 aliphatic rings. The first-order chi connectivity index (χ1) is 14.1. The molecule has 0 atom stereocenters. The minimum Gasteiger partial charge on any atom is -0.351 e. The van der Waals surface area contributed by atoms with Crippen LogP contribution < -0.4 is 4.90 Å². The molecular weight excluding hydrogens is 364 g/mol. The van der Waals surface area contributed by atoms with E-state index in [1.165, 1.54) is 5.56 Å². The van der Waals surface area contributed by atoms with E-state index in [9.17, 15) is 4.79 Å². The fraction of sp³-hybridized carbons (Fsp3) is 0.455. The lowest BCUT2D eigenvalue weighted by atomic mass is 10.1. The molecule has 4 rings (SSSR count). The summed E-state index contributed by atoms with van der Waals surface area (Å²) in [4.78, 5) is 26.4. The van der Waals surface area contributed by atoms with Gasteiger partial charge in [-0.1, -0.05) is 37.3 Å². The lowest BCUT2D eigenvalue weighted by Crippen LogP contribution is -2.49. The zero-order valence-electron chi connectivity index (χ0n) is 17.4. The highest BCUT2D eigenvalue weighted by Crippen LogP contribution is 2.26. The number of aromatic nitrogens is 4. The summed E-state index contributed by atoms with van der Waals surface area (Å²) in [7, 11) is 1.94. The molecule has 29 heavy (non-hydrogen) atoms. The predicted octanol–water partition coefficient (Wildman–Crippen LogP) is 2.52. The van der Waals surface area contributed by atoms with Crippen molar-refractivity contribution < 1.29 is 4.79 Å². The van der Waals surface area contributed by atoms with E-state index in [0.29, 0.717) is 6.42 Å². The number of hydrogen-bond donors (Lipinski definition) is 0. The summed E-state index contributed by atoms with van der Waals surface area (Å²) >= 11 is 0. The Morgan fingerprint density at radius 3 is 2.48 bits per heavy atom. The maximum absolute atomic E-state index is 12.7. The van der Waals surface area contributed by atoms with Crippen LogP contribution in [0.5, 0.6) is 0 Å². The van der Waals surface area contributed by atoms with E-state index >= 15 is 0 Å². The van der Waals surface area contributed by atoms with E-state index in [1.54, 1.807) is 0 Å². The highest BCUT2D eigenvalue weighted by Gasteiger charge is 2.25. The Morgan fingerprint density at radius 2 is 1.79 bits per heavy atom. The standard InChI is InChI=1S/C22H28N6O/c1-4-18-23-20-16(2)25-26(3)21(20)22(24-18)28-14-12-27(13-15-28)19(29)11-10-17-8-6-5-7-9-17/h5-9H,4,10-15H2,1-3H3. The molecule has 1 fully saturated rings. The lowest BCUT2D eigenvalue weighted by Gasteiger charge is -2.35. The Hall–Kier alpha value is -2.96. The van der Waals surface area contributed by atoms with Gasteiger partial charge in [-0.15, -0.1) is 0 Å². The van der Waals surface area contributed by atoms with Crippen molar-refractivity contribution in [1.29, 1.82) is 0 Å². The highest BCUT2D eigenvalue weighted by atomic mass is 16.2. The van der Waals surface area contributed by atoms with Crippen molar-refractivity contribution in [2.45, 2.75) is 33.1 Å². The minimum absolute atomic E-state index is 0.229. The van der Waals surface area contributed by atoms with Crippen molar-refractivity contribution in [3.63, 3.8) is 0 Å². The van der Waals surface area contributed by atoms with Crippen molar-refractivity contribution in [1.82, 2.24) is 24.6 Å².